The Balaban J connectivity index is 1.37. The third kappa shape index (κ3) is 5.90. The van der Waals surface area contributed by atoms with E-state index >= 15 is 0 Å². The third-order valence-electron chi connectivity index (χ3n) is 4.62. The quantitative estimate of drug-likeness (QED) is 0.273. The van der Waals surface area contributed by atoms with Crippen LogP contribution < -0.4 is 14.8 Å². The van der Waals surface area contributed by atoms with Crippen molar-refractivity contribution in [2.45, 2.75) is 13.2 Å². The Kier molecular flexibility index (Phi) is 7.27. The van der Waals surface area contributed by atoms with Crippen molar-refractivity contribution in [2.75, 3.05) is 12.4 Å². The molecular formula is C23H18BrCl2N3O4. The molecule has 1 N–H and O–H groups in total. The predicted molar refractivity (Wildman–Crippen MR) is 129 cm³/mol. The van der Waals surface area contributed by atoms with E-state index in [4.69, 9.17) is 37.1 Å². The molecule has 0 saturated carbocycles. The first-order valence-corrected chi connectivity index (χ1v) is 11.3. The number of halogens is 3. The van der Waals surface area contributed by atoms with Gasteiger partial charge < -0.3 is 19.2 Å². The fourth-order valence-corrected chi connectivity index (χ4v) is 3.84. The van der Waals surface area contributed by atoms with Crippen molar-refractivity contribution < 1.29 is 18.7 Å². The zero-order valence-corrected chi connectivity index (χ0v) is 20.4. The summed E-state index contributed by atoms with van der Waals surface area (Å²) in [6.07, 6.45) is 1.75. The molecule has 2 heterocycles. The zero-order valence-electron chi connectivity index (χ0n) is 17.3. The van der Waals surface area contributed by atoms with Gasteiger partial charge in [-0.3, -0.25) is 9.48 Å². The molecule has 0 aliphatic rings. The Morgan fingerprint density at radius 2 is 1.88 bits per heavy atom. The topological polar surface area (TPSA) is 78.5 Å². The van der Waals surface area contributed by atoms with E-state index in [1.807, 2.05) is 6.07 Å². The van der Waals surface area contributed by atoms with Crippen LogP contribution in [-0.4, -0.2) is 22.8 Å². The summed E-state index contributed by atoms with van der Waals surface area (Å²) < 4.78 is 18.7. The summed E-state index contributed by atoms with van der Waals surface area (Å²) >= 11 is 15.6. The summed E-state index contributed by atoms with van der Waals surface area (Å²) in [4.78, 5) is 12.6. The van der Waals surface area contributed by atoms with Crippen molar-refractivity contribution in [1.82, 2.24) is 9.78 Å². The van der Waals surface area contributed by atoms with Crippen LogP contribution in [-0.2, 0) is 13.2 Å². The van der Waals surface area contributed by atoms with Crippen LogP contribution in [0, 0.1) is 0 Å². The highest BCUT2D eigenvalue weighted by Crippen LogP contribution is 2.25. The maximum atomic E-state index is 12.6. The smallest absolute Gasteiger partial charge is 0.292 e. The molecule has 0 saturated heterocycles. The van der Waals surface area contributed by atoms with Crippen LogP contribution in [0.5, 0.6) is 11.5 Å². The minimum absolute atomic E-state index is 0.144. The average Bonchev–Trinajstić information content (AvgIpc) is 3.41. The zero-order chi connectivity index (χ0) is 23.4. The highest BCUT2D eigenvalue weighted by molar-refractivity contribution is 9.10. The molecule has 7 nitrogen and oxygen atoms in total. The van der Waals surface area contributed by atoms with Gasteiger partial charge in [-0.1, -0.05) is 29.3 Å². The second kappa shape index (κ2) is 10.3. The summed E-state index contributed by atoms with van der Waals surface area (Å²) in [6, 6.07) is 15.7. The fourth-order valence-electron chi connectivity index (χ4n) is 2.96. The molecule has 0 radical (unpaired) electrons. The third-order valence-corrected chi connectivity index (χ3v) is 5.79. The fraction of sp³-hybridized carbons (Fsp3) is 0.130. The summed E-state index contributed by atoms with van der Waals surface area (Å²) in [5, 5.41) is 8.24. The summed E-state index contributed by atoms with van der Waals surface area (Å²) in [5.41, 5.74) is 0.849. The van der Waals surface area contributed by atoms with Gasteiger partial charge in [-0.25, -0.2) is 0 Å². The molecule has 170 valence electrons. The summed E-state index contributed by atoms with van der Waals surface area (Å²) in [6.45, 7) is 0.595. The molecule has 10 heteroatoms. The van der Waals surface area contributed by atoms with Crippen LogP contribution in [0.3, 0.4) is 0 Å². The number of nitrogens with one attached hydrogen (secondary N) is 1. The number of carbonyl (C=O) groups is 1. The first-order valence-electron chi connectivity index (χ1n) is 9.75. The largest absolute Gasteiger partial charge is 0.497 e. The van der Waals surface area contributed by atoms with Crippen LogP contribution in [0.15, 0.2) is 69.7 Å². The van der Waals surface area contributed by atoms with Crippen LogP contribution in [0.4, 0.5) is 5.82 Å². The molecule has 0 aliphatic carbocycles. The van der Waals surface area contributed by atoms with Crippen molar-refractivity contribution >= 4 is 50.9 Å². The lowest BCUT2D eigenvalue weighted by molar-refractivity contribution is 0.0992. The minimum Gasteiger partial charge on any atom is -0.497 e. The van der Waals surface area contributed by atoms with E-state index in [2.05, 4.69) is 26.3 Å². The molecule has 0 unspecified atom stereocenters. The Morgan fingerprint density at radius 3 is 2.61 bits per heavy atom. The second-order valence-electron chi connectivity index (χ2n) is 6.94. The van der Waals surface area contributed by atoms with Crippen LogP contribution in [0.1, 0.15) is 21.9 Å². The molecule has 0 bridgehead atoms. The van der Waals surface area contributed by atoms with E-state index in [1.54, 1.807) is 66.5 Å². The number of furan rings is 1. The van der Waals surface area contributed by atoms with E-state index in [0.29, 0.717) is 38.4 Å². The number of nitrogens with zero attached hydrogens (tertiary/aromatic N) is 2. The lowest BCUT2D eigenvalue weighted by Crippen LogP contribution is -2.12. The van der Waals surface area contributed by atoms with Crippen LogP contribution in [0.2, 0.25) is 10.0 Å². The normalized spacial score (nSPS) is 10.8. The van der Waals surface area contributed by atoms with Crippen LogP contribution >= 0.6 is 39.1 Å². The highest BCUT2D eigenvalue weighted by atomic mass is 79.9. The van der Waals surface area contributed by atoms with Gasteiger partial charge in [0.1, 0.15) is 23.9 Å². The Morgan fingerprint density at radius 1 is 1.12 bits per heavy atom. The number of benzene rings is 2. The van der Waals surface area contributed by atoms with E-state index in [9.17, 15) is 4.79 Å². The van der Waals surface area contributed by atoms with Crippen molar-refractivity contribution in [2.24, 2.45) is 0 Å². The Labute approximate surface area is 208 Å². The van der Waals surface area contributed by atoms with Crippen molar-refractivity contribution in [3.63, 3.8) is 0 Å². The van der Waals surface area contributed by atoms with Crippen LogP contribution in [0.25, 0.3) is 0 Å². The first kappa shape index (κ1) is 23.2. The number of rotatable bonds is 8. The monoisotopic (exact) mass is 549 g/mol. The molecule has 0 fully saturated rings. The SMILES string of the molecule is COc1ccc(OCc2ccc(C(=O)Nc3nn(Cc4ccc(Cl)cc4Cl)cc3Br)o2)cc1. The number of hydrogen-bond acceptors (Lipinski definition) is 5. The van der Waals surface area contributed by atoms with E-state index in [0.717, 1.165) is 11.3 Å². The van der Waals surface area contributed by atoms with Crippen molar-refractivity contribution in [3.05, 3.63) is 92.4 Å². The number of carbonyl (C=O) groups excluding carboxylic acids is 1. The highest BCUT2D eigenvalue weighted by Gasteiger charge is 2.16. The van der Waals surface area contributed by atoms with Gasteiger partial charge in [0.05, 0.1) is 18.1 Å². The molecule has 0 aliphatic heterocycles. The van der Waals surface area contributed by atoms with E-state index in [1.165, 1.54) is 0 Å². The number of aromatic nitrogens is 2. The van der Waals surface area contributed by atoms with Gasteiger partial charge in [0.15, 0.2) is 11.6 Å². The maximum absolute atomic E-state index is 12.6. The number of ether oxygens (including phenoxy) is 2. The van der Waals surface area contributed by atoms with Gasteiger partial charge in [-0.05, 0) is 70.0 Å². The Bertz CT molecular complexity index is 1270. The molecular weight excluding hydrogens is 533 g/mol. The minimum atomic E-state index is -0.429. The van der Waals surface area contributed by atoms with E-state index < -0.39 is 5.91 Å². The van der Waals surface area contributed by atoms with Crippen molar-refractivity contribution in [1.29, 1.82) is 0 Å². The first-order chi connectivity index (χ1) is 15.9. The Hall–Kier alpha value is -2.94. The molecule has 0 spiro atoms. The van der Waals surface area contributed by atoms with Gasteiger partial charge in [0.25, 0.3) is 5.91 Å². The molecule has 2 aromatic carbocycles. The van der Waals surface area contributed by atoms with Gasteiger partial charge in [0, 0.05) is 16.2 Å². The molecule has 1 amide bonds. The molecule has 33 heavy (non-hydrogen) atoms. The summed E-state index contributed by atoms with van der Waals surface area (Å²) in [7, 11) is 1.60. The van der Waals surface area contributed by atoms with Gasteiger partial charge in [-0.15, -0.1) is 0 Å². The van der Waals surface area contributed by atoms with Crippen molar-refractivity contribution in [3.8, 4) is 11.5 Å². The predicted octanol–water partition coefficient (Wildman–Crippen LogP) is 6.43. The van der Waals surface area contributed by atoms with Gasteiger partial charge in [-0.2, -0.15) is 5.10 Å². The van der Waals surface area contributed by atoms with Gasteiger partial charge >= 0.3 is 0 Å². The number of methoxy groups -OCH3 is 1. The lowest BCUT2D eigenvalue weighted by atomic mass is 10.2. The molecule has 2 aromatic heterocycles. The second-order valence-corrected chi connectivity index (χ2v) is 8.64. The maximum Gasteiger partial charge on any atom is 0.292 e. The van der Waals surface area contributed by atoms with Gasteiger partial charge in [0.2, 0.25) is 0 Å². The number of anilines is 1. The number of amides is 1. The van der Waals surface area contributed by atoms with E-state index in [-0.39, 0.29) is 12.4 Å². The summed E-state index contributed by atoms with van der Waals surface area (Å²) in [5.74, 6) is 1.99. The molecule has 4 rings (SSSR count). The number of hydrogen-bond donors (Lipinski definition) is 1. The lowest BCUT2D eigenvalue weighted by Gasteiger charge is -2.05. The standard InChI is InChI=1S/C23H18BrCl2N3O4/c1-31-16-4-6-17(7-5-16)32-13-18-8-9-21(33-18)23(30)27-22-19(24)12-29(28-22)11-14-2-3-15(25)10-20(14)26/h2-10,12H,11,13H2,1H3,(H,27,28,30). The molecule has 4 aromatic rings. The molecule has 0 atom stereocenters. The average molecular weight is 551 g/mol.